The van der Waals surface area contributed by atoms with Gasteiger partial charge in [0.2, 0.25) is 0 Å². The summed E-state index contributed by atoms with van der Waals surface area (Å²) in [5.74, 6) is 0. The lowest BCUT2D eigenvalue weighted by atomic mass is 10.2. The summed E-state index contributed by atoms with van der Waals surface area (Å²) in [6.07, 6.45) is 0.723. The van der Waals surface area contributed by atoms with Crippen molar-refractivity contribution in [3.05, 3.63) is 78.4 Å². The fourth-order valence-electron chi connectivity index (χ4n) is 3.03. The highest BCUT2D eigenvalue weighted by atomic mass is 32.2. The van der Waals surface area contributed by atoms with Crippen LogP contribution >= 0.6 is 10.5 Å². The zero-order valence-electron chi connectivity index (χ0n) is 14.2. The minimum absolute atomic E-state index is 0.0153. The Bertz CT molecular complexity index is 882. The molecule has 1 N–H and O–H groups in total. The van der Waals surface area contributed by atoms with E-state index in [-0.39, 0.29) is 17.1 Å². The Kier molecular flexibility index (Phi) is 5.29. The Labute approximate surface area is 146 Å². The van der Waals surface area contributed by atoms with Gasteiger partial charge >= 0.3 is 0 Å². The van der Waals surface area contributed by atoms with Gasteiger partial charge in [-0.3, -0.25) is 0 Å². The summed E-state index contributed by atoms with van der Waals surface area (Å²) in [5.41, 5.74) is 1.19. The number of aliphatic hydroxyl groups excluding tert-OH is 1. The maximum Gasteiger partial charge on any atom is 0.187 e. The van der Waals surface area contributed by atoms with Crippen LogP contribution in [0.3, 0.4) is 0 Å². The number of hydrogen-bond acceptors (Lipinski definition) is 1. The molecule has 0 atom stereocenters. The van der Waals surface area contributed by atoms with Gasteiger partial charge in [-0.1, -0.05) is 50.2 Å². The molecule has 1 aromatic heterocycles. The maximum atomic E-state index is 9.06. The van der Waals surface area contributed by atoms with Crippen LogP contribution in [0.2, 0.25) is 0 Å². The normalized spacial score (nSPS) is 10.6. The Morgan fingerprint density at radius 3 is 1.71 bits per heavy atom. The predicted molar refractivity (Wildman–Crippen MR) is 107 cm³/mol. The Morgan fingerprint density at radius 2 is 1.21 bits per heavy atom. The third-order valence-corrected chi connectivity index (χ3v) is 6.40. The van der Waals surface area contributed by atoms with Gasteiger partial charge in [0.05, 0.1) is 0 Å². The molecule has 0 unspecified atom stereocenters. The quantitative estimate of drug-likeness (QED) is 0.436. The van der Waals surface area contributed by atoms with E-state index < -0.39 is 0 Å². The fourth-order valence-corrected chi connectivity index (χ4v) is 5.41. The highest BCUT2D eigenvalue weighted by Gasteiger charge is 2.22. The first kappa shape index (κ1) is 16.7. The summed E-state index contributed by atoms with van der Waals surface area (Å²) < 4.78 is 2.83. The Morgan fingerprint density at radius 1 is 0.708 bits per heavy atom. The number of aliphatic hydroxyl groups is 1. The standard InChI is InChI=1S/C20H17OS.C2H6/c21-14-13-15-9-11-16(12-10-15)22-19-7-3-1-5-17(19)18-6-2-4-8-20(18)22;1-2/h1-12,21H,13-14H2;1-2H3/q+1;. The molecule has 1 heterocycles. The lowest BCUT2D eigenvalue weighted by molar-refractivity contribution is 0.299. The topological polar surface area (TPSA) is 20.2 Å². The van der Waals surface area contributed by atoms with Gasteiger partial charge in [0.1, 0.15) is 0 Å². The summed E-state index contributed by atoms with van der Waals surface area (Å²) >= 11 is 0. The number of fused-ring (bicyclic) bond motifs is 3. The van der Waals surface area contributed by atoms with E-state index in [4.69, 9.17) is 5.11 Å². The van der Waals surface area contributed by atoms with Crippen molar-refractivity contribution < 1.29 is 5.11 Å². The minimum Gasteiger partial charge on any atom is -0.396 e. The van der Waals surface area contributed by atoms with Gasteiger partial charge in [-0.2, -0.15) is 0 Å². The molecule has 0 aliphatic rings. The van der Waals surface area contributed by atoms with Gasteiger partial charge in [0.15, 0.2) is 14.3 Å². The summed E-state index contributed by atoms with van der Waals surface area (Å²) in [7, 11) is -0.0153. The van der Waals surface area contributed by atoms with Crippen LogP contribution in [0.25, 0.3) is 25.1 Å². The molecular formula is C22H23OS+. The van der Waals surface area contributed by atoms with E-state index in [9.17, 15) is 0 Å². The molecule has 122 valence electrons. The van der Waals surface area contributed by atoms with Crippen LogP contribution in [-0.4, -0.2) is 11.7 Å². The first-order valence-electron chi connectivity index (χ1n) is 8.51. The van der Waals surface area contributed by atoms with E-state index >= 15 is 0 Å². The third-order valence-electron chi connectivity index (χ3n) is 4.06. The Balaban J connectivity index is 0.000000815. The van der Waals surface area contributed by atoms with E-state index in [2.05, 4.69) is 72.8 Å². The maximum absolute atomic E-state index is 9.06. The highest BCUT2D eigenvalue weighted by molar-refractivity contribution is 7.50. The molecule has 0 aliphatic heterocycles. The van der Waals surface area contributed by atoms with Gasteiger partial charge in [0, 0.05) is 27.8 Å². The average Bonchev–Trinajstić information content (AvgIpc) is 2.99. The minimum atomic E-state index is -0.0153. The second-order valence-electron chi connectivity index (χ2n) is 5.42. The van der Waals surface area contributed by atoms with E-state index in [1.807, 2.05) is 13.8 Å². The monoisotopic (exact) mass is 335 g/mol. The Hall–Kier alpha value is -2.16. The van der Waals surface area contributed by atoms with Crippen molar-refractivity contribution in [3.63, 3.8) is 0 Å². The molecule has 0 amide bonds. The molecule has 0 radical (unpaired) electrons. The van der Waals surface area contributed by atoms with Crippen molar-refractivity contribution in [3.8, 4) is 4.90 Å². The number of benzene rings is 3. The van der Waals surface area contributed by atoms with E-state index in [1.54, 1.807) is 0 Å². The molecule has 3 aromatic carbocycles. The number of thiophene rings is 1. The van der Waals surface area contributed by atoms with Crippen LogP contribution in [0.4, 0.5) is 0 Å². The van der Waals surface area contributed by atoms with E-state index in [0.717, 1.165) is 6.42 Å². The van der Waals surface area contributed by atoms with Crippen LogP contribution in [0.5, 0.6) is 0 Å². The highest BCUT2D eigenvalue weighted by Crippen LogP contribution is 2.47. The number of rotatable bonds is 3. The van der Waals surface area contributed by atoms with Crippen LogP contribution in [0.1, 0.15) is 19.4 Å². The van der Waals surface area contributed by atoms with Crippen molar-refractivity contribution >= 4 is 30.6 Å². The lowest BCUT2D eigenvalue weighted by Crippen LogP contribution is -1.89. The molecule has 0 saturated heterocycles. The average molecular weight is 335 g/mol. The first-order chi connectivity index (χ1) is 11.9. The smallest absolute Gasteiger partial charge is 0.187 e. The van der Waals surface area contributed by atoms with Gasteiger partial charge in [-0.15, -0.1) is 0 Å². The molecule has 2 heteroatoms. The third kappa shape index (κ3) is 2.95. The van der Waals surface area contributed by atoms with Gasteiger partial charge in [-0.25, -0.2) is 0 Å². The molecular weight excluding hydrogens is 312 g/mol. The summed E-state index contributed by atoms with van der Waals surface area (Å²) in [6.45, 7) is 4.21. The largest absolute Gasteiger partial charge is 0.396 e. The summed E-state index contributed by atoms with van der Waals surface area (Å²) in [4.78, 5) is 1.35. The van der Waals surface area contributed by atoms with Crippen LogP contribution in [0, 0.1) is 0 Å². The fraction of sp³-hybridized carbons (Fsp3) is 0.182. The molecule has 4 rings (SSSR count). The van der Waals surface area contributed by atoms with Crippen LogP contribution in [0.15, 0.2) is 72.8 Å². The zero-order valence-corrected chi connectivity index (χ0v) is 15.0. The predicted octanol–water partition coefficient (Wildman–Crippen LogP) is 6.29. The first-order valence-corrected chi connectivity index (χ1v) is 9.73. The molecule has 0 fully saturated rings. The second-order valence-corrected chi connectivity index (χ2v) is 7.38. The van der Waals surface area contributed by atoms with Crippen molar-refractivity contribution in [2.24, 2.45) is 0 Å². The number of hydrogen-bond donors (Lipinski definition) is 1. The molecule has 1 nitrogen and oxygen atoms in total. The summed E-state index contributed by atoms with van der Waals surface area (Å²) in [5, 5.41) is 11.8. The zero-order chi connectivity index (χ0) is 16.9. The van der Waals surface area contributed by atoms with Crippen molar-refractivity contribution in [2.45, 2.75) is 20.3 Å². The molecule has 0 saturated carbocycles. The molecule has 4 aromatic rings. The van der Waals surface area contributed by atoms with Crippen molar-refractivity contribution in [1.82, 2.24) is 0 Å². The van der Waals surface area contributed by atoms with Crippen molar-refractivity contribution in [2.75, 3.05) is 6.61 Å². The summed E-state index contributed by atoms with van der Waals surface area (Å²) in [6, 6.07) is 26.2. The van der Waals surface area contributed by atoms with E-state index in [0.29, 0.717) is 0 Å². The van der Waals surface area contributed by atoms with Crippen LogP contribution < -0.4 is 0 Å². The second kappa shape index (κ2) is 7.61. The van der Waals surface area contributed by atoms with Gasteiger partial charge in [-0.05, 0) is 48.4 Å². The SMILES string of the molecule is CC.OCCc1ccc(-[s+]2c3ccccc3c3ccccc32)cc1. The lowest BCUT2D eigenvalue weighted by Gasteiger charge is -1.98. The van der Waals surface area contributed by atoms with Gasteiger partial charge < -0.3 is 5.11 Å². The molecule has 24 heavy (non-hydrogen) atoms. The van der Waals surface area contributed by atoms with Crippen molar-refractivity contribution in [1.29, 1.82) is 0 Å². The van der Waals surface area contributed by atoms with Gasteiger partial charge in [0.25, 0.3) is 0 Å². The van der Waals surface area contributed by atoms with E-state index in [1.165, 1.54) is 30.6 Å². The molecule has 0 bridgehead atoms. The molecule has 0 aliphatic carbocycles. The molecule has 0 spiro atoms. The van der Waals surface area contributed by atoms with Crippen LogP contribution in [-0.2, 0) is 6.42 Å².